The standard InChI is InChI=1S/C27H17Cl2F5N2O6/c1-42-12-4-2-3-11(37)14(12)15-8-5-6-9-13(23(39)35-22(9)38)10(8)7-26(28)24(40)36(25(41)27(15,26)29)21-19(33)17(31)16(30)18(32)20(21)34/h2-5,9-10,13,15,37H,6-7H2,1H3,(H,35,38,39)/t9-,10+,13-,15+,26+,27-/m0/s1. The second-order valence-corrected chi connectivity index (χ2v) is 11.7. The van der Waals surface area contributed by atoms with Crippen LogP contribution < -0.4 is 15.0 Å². The van der Waals surface area contributed by atoms with E-state index in [9.17, 15) is 46.2 Å². The van der Waals surface area contributed by atoms with Crippen LogP contribution in [0.4, 0.5) is 27.6 Å². The number of carbonyl (C=O) groups excluding carboxylic acids is 4. The highest BCUT2D eigenvalue weighted by Crippen LogP contribution is 2.67. The van der Waals surface area contributed by atoms with Crippen molar-refractivity contribution in [2.45, 2.75) is 28.5 Å². The number of hydrogen-bond donors (Lipinski definition) is 2. The van der Waals surface area contributed by atoms with Gasteiger partial charge in [0.2, 0.25) is 17.6 Å². The summed E-state index contributed by atoms with van der Waals surface area (Å²) in [5, 5.41) is 13.2. The number of alkyl halides is 2. The Morgan fingerprint density at radius 2 is 1.55 bits per heavy atom. The van der Waals surface area contributed by atoms with Crippen LogP contribution in [0.3, 0.4) is 0 Å². The van der Waals surface area contributed by atoms with Crippen molar-refractivity contribution >= 4 is 52.5 Å². The normalized spacial score (nSPS) is 31.9. The van der Waals surface area contributed by atoms with Gasteiger partial charge in [-0.2, -0.15) is 0 Å². The summed E-state index contributed by atoms with van der Waals surface area (Å²) in [5.41, 5.74) is -1.89. The minimum Gasteiger partial charge on any atom is -0.508 e. The first kappa shape index (κ1) is 28.4. The van der Waals surface area contributed by atoms with Crippen LogP contribution in [0, 0.1) is 46.8 Å². The number of benzene rings is 2. The van der Waals surface area contributed by atoms with E-state index in [1.54, 1.807) is 0 Å². The van der Waals surface area contributed by atoms with E-state index in [0.717, 1.165) is 0 Å². The number of nitrogens with one attached hydrogen (secondary N) is 1. The molecule has 4 amide bonds. The Morgan fingerprint density at radius 3 is 2.17 bits per heavy atom. The lowest BCUT2D eigenvalue weighted by Crippen LogP contribution is -2.60. The van der Waals surface area contributed by atoms with E-state index >= 15 is 0 Å². The van der Waals surface area contributed by atoms with E-state index in [-0.39, 0.29) is 28.2 Å². The van der Waals surface area contributed by atoms with Crippen LogP contribution >= 0.6 is 23.2 Å². The first-order chi connectivity index (χ1) is 19.7. The first-order valence-electron chi connectivity index (χ1n) is 12.4. The Hall–Kier alpha value is -3.71. The Kier molecular flexibility index (Phi) is 6.18. The van der Waals surface area contributed by atoms with Crippen LogP contribution in [-0.4, -0.2) is 45.6 Å². The molecule has 2 heterocycles. The number of carbonyl (C=O) groups is 4. The molecule has 8 nitrogen and oxygen atoms in total. The molecule has 220 valence electrons. The van der Waals surface area contributed by atoms with Crippen LogP contribution in [0.25, 0.3) is 0 Å². The second-order valence-electron chi connectivity index (χ2n) is 10.4. The third kappa shape index (κ3) is 3.29. The number of ether oxygens (including phenoxy) is 1. The molecule has 2 saturated heterocycles. The molecule has 42 heavy (non-hydrogen) atoms. The van der Waals surface area contributed by atoms with Gasteiger partial charge in [0.15, 0.2) is 33.0 Å². The number of phenols is 1. The topological polar surface area (TPSA) is 113 Å². The Labute approximate surface area is 243 Å². The maximum atomic E-state index is 15.0. The number of aromatic hydroxyl groups is 1. The van der Waals surface area contributed by atoms with Gasteiger partial charge in [0, 0.05) is 11.5 Å². The van der Waals surface area contributed by atoms with E-state index in [4.69, 9.17) is 27.9 Å². The quantitative estimate of drug-likeness (QED) is 0.133. The molecule has 3 fully saturated rings. The van der Waals surface area contributed by atoms with E-state index in [2.05, 4.69) is 5.32 Å². The van der Waals surface area contributed by atoms with Gasteiger partial charge in [-0.25, -0.2) is 26.9 Å². The molecule has 0 bridgehead atoms. The van der Waals surface area contributed by atoms with Crippen LogP contribution in [0.2, 0.25) is 0 Å². The molecule has 2 aliphatic heterocycles. The van der Waals surface area contributed by atoms with E-state index in [1.807, 2.05) is 0 Å². The number of hydrogen-bond acceptors (Lipinski definition) is 6. The maximum absolute atomic E-state index is 15.0. The third-order valence-electron chi connectivity index (χ3n) is 8.62. The van der Waals surface area contributed by atoms with Crippen molar-refractivity contribution in [3.63, 3.8) is 0 Å². The van der Waals surface area contributed by atoms with E-state index < -0.39 is 104 Å². The number of phenolic OH excluding ortho intramolecular Hbond substituents is 1. The van der Waals surface area contributed by atoms with Gasteiger partial charge in [0.1, 0.15) is 17.2 Å². The molecule has 15 heteroatoms. The largest absolute Gasteiger partial charge is 0.508 e. The van der Waals surface area contributed by atoms with Gasteiger partial charge in [-0.15, -0.1) is 23.2 Å². The molecule has 0 aromatic heterocycles. The second kappa shape index (κ2) is 9.14. The molecular weight excluding hydrogens is 614 g/mol. The zero-order valence-corrected chi connectivity index (χ0v) is 22.6. The van der Waals surface area contributed by atoms with E-state index in [1.165, 1.54) is 31.4 Å². The molecule has 0 spiro atoms. The Bertz CT molecular complexity index is 1660. The molecular formula is C27H17Cl2F5N2O6. The van der Waals surface area contributed by atoms with Crippen molar-refractivity contribution in [3.05, 3.63) is 64.5 Å². The highest BCUT2D eigenvalue weighted by molar-refractivity contribution is 6.58. The zero-order valence-electron chi connectivity index (χ0n) is 21.1. The van der Waals surface area contributed by atoms with Crippen molar-refractivity contribution in [2.75, 3.05) is 12.0 Å². The highest BCUT2D eigenvalue weighted by Gasteiger charge is 2.77. The molecule has 0 unspecified atom stereocenters. The summed E-state index contributed by atoms with van der Waals surface area (Å²) in [4.78, 5) is 47.8. The summed E-state index contributed by atoms with van der Waals surface area (Å²) in [6.07, 6.45) is 0.834. The first-order valence-corrected chi connectivity index (χ1v) is 13.2. The maximum Gasteiger partial charge on any atom is 0.258 e. The van der Waals surface area contributed by atoms with Gasteiger partial charge >= 0.3 is 0 Å². The minimum absolute atomic E-state index is 0.0216. The highest BCUT2D eigenvalue weighted by atomic mass is 35.5. The SMILES string of the molecule is COc1cccc(O)c1[C@H]1C2=CC[C@@H]3C(=O)NC(=O)[C@@H]3[C@@H]2C[C@@]2(Cl)C(=O)N(c3c(F)c(F)c(F)c(F)c3F)C(=O)[C@@]12Cl. The number of methoxy groups -OCH3 is 1. The Balaban J connectivity index is 1.65. The average molecular weight is 631 g/mol. The summed E-state index contributed by atoms with van der Waals surface area (Å²) in [6.45, 7) is 0. The zero-order chi connectivity index (χ0) is 30.6. The van der Waals surface area contributed by atoms with E-state index in [0.29, 0.717) is 0 Å². The molecule has 4 aliphatic rings. The predicted molar refractivity (Wildman–Crippen MR) is 134 cm³/mol. The number of nitrogens with zero attached hydrogens (tertiary/aromatic N) is 1. The third-order valence-corrected chi connectivity index (χ3v) is 10.0. The van der Waals surface area contributed by atoms with Gasteiger partial charge < -0.3 is 9.84 Å². The van der Waals surface area contributed by atoms with Gasteiger partial charge in [0.25, 0.3) is 11.8 Å². The summed E-state index contributed by atoms with van der Waals surface area (Å²) in [5.74, 6) is -22.2. The fourth-order valence-electron chi connectivity index (χ4n) is 6.80. The lowest BCUT2D eigenvalue weighted by molar-refractivity contribution is -0.127. The van der Waals surface area contributed by atoms with Crippen molar-refractivity contribution in [2.24, 2.45) is 17.8 Å². The number of fused-ring (bicyclic) bond motifs is 4. The average Bonchev–Trinajstić information content (AvgIpc) is 3.33. The summed E-state index contributed by atoms with van der Waals surface area (Å²) >= 11 is 13.9. The molecule has 1 saturated carbocycles. The number of amides is 4. The van der Waals surface area contributed by atoms with Gasteiger partial charge in [0.05, 0.1) is 18.9 Å². The predicted octanol–water partition coefficient (Wildman–Crippen LogP) is 3.95. The minimum atomic E-state index is -2.76. The molecule has 6 rings (SSSR count). The van der Waals surface area contributed by atoms with Crippen LogP contribution in [0.1, 0.15) is 24.3 Å². The number of anilines is 1. The van der Waals surface area contributed by atoms with Gasteiger partial charge in [-0.3, -0.25) is 24.5 Å². The number of halogens is 7. The monoisotopic (exact) mass is 630 g/mol. The van der Waals surface area contributed by atoms with Crippen molar-refractivity contribution in [3.8, 4) is 11.5 Å². The molecule has 6 atom stereocenters. The van der Waals surface area contributed by atoms with Crippen molar-refractivity contribution in [1.29, 1.82) is 0 Å². The molecule has 0 radical (unpaired) electrons. The molecule has 2 aromatic carbocycles. The molecule has 2 N–H and O–H groups in total. The lowest BCUT2D eigenvalue weighted by atomic mass is 9.56. The fourth-order valence-corrected chi connectivity index (χ4v) is 7.71. The number of allylic oxidation sites excluding steroid dienone is 2. The van der Waals surface area contributed by atoms with Crippen LogP contribution in [0.15, 0.2) is 29.8 Å². The van der Waals surface area contributed by atoms with Crippen LogP contribution in [-0.2, 0) is 19.2 Å². The molecule has 2 aliphatic carbocycles. The van der Waals surface area contributed by atoms with Crippen molar-refractivity contribution in [1.82, 2.24) is 5.32 Å². The lowest BCUT2D eigenvalue weighted by Gasteiger charge is -2.50. The van der Waals surface area contributed by atoms with Gasteiger partial charge in [-0.05, 0) is 30.9 Å². The summed E-state index contributed by atoms with van der Waals surface area (Å²) in [6, 6.07) is 3.94. The number of rotatable bonds is 3. The fraction of sp³-hybridized carbons (Fsp3) is 0.333. The summed E-state index contributed by atoms with van der Waals surface area (Å²) < 4.78 is 77.6. The Morgan fingerprint density at radius 1 is 0.929 bits per heavy atom. The smallest absolute Gasteiger partial charge is 0.258 e. The molecule has 2 aromatic rings. The van der Waals surface area contributed by atoms with Crippen molar-refractivity contribution < 1.29 is 51.0 Å². The summed E-state index contributed by atoms with van der Waals surface area (Å²) in [7, 11) is 1.21. The number of imide groups is 2. The van der Waals surface area contributed by atoms with Gasteiger partial charge in [-0.1, -0.05) is 17.7 Å². The van der Waals surface area contributed by atoms with Crippen LogP contribution in [0.5, 0.6) is 11.5 Å².